The maximum atomic E-state index is 13.5. The second kappa shape index (κ2) is 6.03. The van der Waals surface area contributed by atoms with Gasteiger partial charge in [0.2, 0.25) is 0 Å². The van der Waals surface area contributed by atoms with Crippen molar-refractivity contribution in [2.45, 2.75) is 11.3 Å². The van der Waals surface area contributed by atoms with Gasteiger partial charge in [0.1, 0.15) is 22.3 Å². The zero-order valence-corrected chi connectivity index (χ0v) is 11.9. The number of rotatable bonds is 4. The van der Waals surface area contributed by atoms with Gasteiger partial charge in [0.15, 0.2) is 0 Å². The van der Waals surface area contributed by atoms with E-state index in [4.69, 9.17) is 0 Å². The monoisotopic (exact) mass is 353 g/mol. The van der Waals surface area contributed by atoms with Crippen LogP contribution in [0.5, 0.6) is 5.75 Å². The van der Waals surface area contributed by atoms with Crippen LogP contribution in [0.15, 0.2) is 47.4 Å². The fourth-order valence-electron chi connectivity index (χ4n) is 1.63. The van der Waals surface area contributed by atoms with E-state index in [1.807, 2.05) is 4.72 Å². The minimum absolute atomic E-state index is 0.122. The van der Waals surface area contributed by atoms with E-state index in [2.05, 4.69) is 4.74 Å². The molecule has 10 heteroatoms. The molecule has 0 bridgehead atoms. The molecule has 124 valence electrons. The van der Waals surface area contributed by atoms with E-state index in [0.717, 1.165) is 36.4 Å². The zero-order valence-electron chi connectivity index (χ0n) is 11.1. The Bertz CT molecular complexity index is 803. The molecule has 0 unspecified atom stereocenters. The summed E-state index contributed by atoms with van der Waals surface area (Å²) in [5, 5.41) is 0. The smallest absolute Gasteiger partial charge is 0.406 e. The van der Waals surface area contributed by atoms with Gasteiger partial charge in [-0.25, -0.2) is 17.2 Å². The number of benzene rings is 2. The molecule has 0 aliphatic carbocycles. The van der Waals surface area contributed by atoms with Crippen molar-refractivity contribution in [2.24, 2.45) is 0 Å². The molecule has 2 aromatic rings. The summed E-state index contributed by atoms with van der Waals surface area (Å²) in [6.07, 6.45) is -4.88. The van der Waals surface area contributed by atoms with Gasteiger partial charge in [0, 0.05) is 11.8 Å². The van der Waals surface area contributed by atoms with Crippen LogP contribution in [0.3, 0.4) is 0 Å². The predicted molar refractivity (Wildman–Crippen MR) is 70.3 cm³/mol. The lowest BCUT2D eigenvalue weighted by atomic mass is 10.3. The van der Waals surface area contributed by atoms with Gasteiger partial charge in [0.05, 0.1) is 0 Å². The molecule has 0 fully saturated rings. The van der Waals surface area contributed by atoms with Crippen molar-refractivity contribution in [1.29, 1.82) is 0 Å². The number of sulfonamides is 1. The van der Waals surface area contributed by atoms with Crippen molar-refractivity contribution >= 4 is 15.7 Å². The molecule has 23 heavy (non-hydrogen) atoms. The third-order valence-electron chi connectivity index (χ3n) is 2.52. The van der Waals surface area contributed by atoms with Crippen molar-refractivity contribution in [1.82, 2.24) is 0 Å². The van der Waals surface area contributed by atoms with Gasteiger partial charge in [-0.1, -0.05) is 0 Å². The number of hydrogen-bond acceptors (Lipinski definition) is 3. The summed E-state index contributed by atoms with van der Waals surface area (Å²) in [4.78, 5) is -0.797. The van der Waals surface area contributed by atoms with Crippen LogP contribution in [0, 0.1) is 11.6 Å². The van der Waals surface area contributed by atoms with E-state index in [0.29, 0.717) is 6.07 Å². The largest absolute Gasteiger partial charge is 0.573 e. The second-order valence-corrected chi connectivity index (χ2v) is 5.90. The minimum Gasteiger partial charge on any atom is -0.406 e. The van der Waals surface area contributed by atoms with Crippen LogP contribution < -0.4 is 9.46 Å². The zero-order chi connectivity index (χ0) is 17.3. The normalized spacial score (nSPS) is 12.0. The van der Waals surface area contributed by atoms with Gasteiger partial charge in [-0.05, 0) is 36.4 Å². The molecule has 0 spiro atoms. The molecule has 0 saturated heterocycles. The van der Waals surface area contributed by atoms with Crippen molar-refractivity contribution in [3.05, 3.63) is 54.1 Å². The summed E-state index contributed by atoms with van der Waals surface area (Å²) in [5.74, 6) is -2.79. The van der Waals surface area contributed by atoms with Crippen molar-refractivity contribution in [2.75, 3.05) is 4.72 Å². The first-order valence-corrected chi connectivity index (χ1v) is 7.39. The fourth-order valence-corrected chi connectivity index (χ4v) is 2.75. The fraction of sp³-hybridized carbons (Fsp3) is 0.0769. The Morgan fingerprint density at radius 3 is 2.09 bits per heavy atom. The Hall–Kier alpha value is -2.36. The maximum absolute atomic E-state index is 13.5. The topological polar surface area (TPSA) is 55.4 Å². The van der Waals surface area contributed by atoms with Gasteiger partial charge >= 0.3 is 6.36 Å². The molecular weight excluding hydrogens is 345 g/mol. The summed E-state index contributed by atoms with van der Waals surface area (Å²) < 4.78 is 91.8. The van der Waals surface area contributed by atoms with Crippen LogP contribution >= 0.6 is 0 Å². The van der Waals surface area contributed by atoms with Gasteiger partial charge in [-0.3, -0.25) is 4.72 Å². The van der Waals surface area contributed by atoms with Gasteiger partial charge in [0.25, 0.3) is 10.0 Å². The molecule has 2 rings (SSSR count). The number of nitrogens with one attached hydrogen (secondary N) is 1. The summed E-state index contributed by atoms with van der Waals surface area (Å²) in [6.45, 7) is 0. The molecular formula is C13H8F5NO3S. The van der Waals surface area contributed by atoms with E-state index in [-0.39, 0.29) is 5.69 Å². The second-order valence-electron chi connectivity index (χ2n) is 4.25. The Labute approximate surface area is 127 Å². The lowest BCUT2D eigenvalue weighted by Gasteiger charge is -2.11. The van der Waals surface area contributed by atoms with Crippen molar-refractivity contribution in [3.63, 3.8) is 0 Å². The highest BCUT2D eigenvalue weighted by Crippen LogP contribution is 2.25. The Balaban J connectivity index is 2.21. The predicted octanol–water partition coefficient (Wildman–Crippen LogP) is 3.66. The molecule has 0 aliphatic heterocycles. The van der Waals surface area contributed by atoms with Crippen LogP contribution in [0.25, 0.3) is 0 Å². The highest BCUT2D eigenvalue weighted by Gasteiger charge is 2.31. The third kappa shape index (κ3) is 4.55. The van der Waals surface area contributed by atoms with Gasteiger partial charge in [-0.2, -0.15) is 0 Å². The van der Waals surface area contributed by atoms with Crippen LogP contribution in [0.2, 0.25) is 0 Å². The van der Waals surface area contributed by atoms with E-state index in [9.17, 15) is 30.4 Å². The molecule has 0 radical (unpaired) electrons. The van der Waals surface area contributed by atoms with Crippen molar-refractivity contribution < 1.29 is 35.1 Å². The Morgan fingerprint density at radius 1 is 0.957 bits per heavy atom. The lowest BCUT2D eigenvalue weighted by molar-refractivity contribution is -0.274. The third-order valence-corrected chi connectivity index (χ3v) is 3.94. The number of halogens is 5. The summed E-state index contributed by atoms with van der Waals surface area (Å²) >= 11 is 0. The molecule has 0 atom stereocenters. The number of ether oxygens (including phenoxy) is 1. The molecule has 0 saturated carbocycles. The number of hydrogen-bond donors (Lipinski definition) is 1. The van der Waals surface area contributed by atoms with Crippen LogP contribution in [-0.4, -0.2) is 14.8 Å². The maximum Gasteiger partial charge on any atom is 0.573 e. The molecule has 1 N–H and O–H groups in total. The minimum atomic E-state index is -4.88. The van der Waals surface area contributed by atoms with E-state index >= 15 is 0 Å². The average molecular weight is 353 g/mol. The first kappa shape index (κ1) is 17.0. The molecule has 0 aliphatic rings. The molecule has 0 aromatic heterocycles. The van der Waals surface area contributed by atoms with Gasteiger partial charge in [-0.15, -0.1) is 13.2 Å². The summed E-state index contributed by atoms with van der Waals surface area (Å²) in [6, 6.07) is 5.65. The van der Waals surface area contributed by atoms with E-state index in [1.165, 1.54) is 0 Å². The summed E-state index contributed by atoms with van der Waals surface area (Å²) in [7, 11) is -4.36. The van der Waals surface area contributed by atoms with Gasteiger partial charge < -0.3 is 4.74 Å². The van der Waals surface area contributed by atoms with Crippen LogP contribution in [0.4, 0.5) is 27.6 Å². The number of alkyl halides is 3. The van der Waals surface area contributed by atoms with Crippen LogP contribution in [0.1, 0.15) is 0 Å². The SMILES string of the molecule is O=S(=O)(Nc1ccc(OC(F)(F)F)cc1)c1ccc(F)cc1F. The standard InChI is InChI=1S/C13H8F5NO3S/c14-8-1-6-12(11(15)7-8)23(20,21)19-9-2-4-10(5-3-9)22-13(16,17)18/h1-7,19H. The summed E-state index contributed by atoms with van der Waals surface area (Å²) in [5.41, 5.74) is -0.122. The van der Waals surface area contributed by atoms with Crippen LogP contribution in [-0.2, 0) is 10.0 Å². The first-order valence-electron chi connectivity index (χ1n) is 5.90. The highest BCUT2D eigenvalue weighted by atomic mass is 32.2. The van der Waals surface area contributed by atoms with E-state index < -0.39 is 38.7 Å². The molecule has 0 amide bonds. The molecule has 2 aromatic carbocycles. The molecule has 4 nitrogen and oxygen atoms in total. The Kier molecular flexibility index (Phi) is 4.46. The van der Waals surface area contributed by atoms with E-state index in [1.54, 1.807) is 0 Å². The first-order chi connectivity index (χ1) is 10.6. The Morgan fingerprint density at radius 2 is 1.57 bits per heavy atom. The lowest BCUT2D eigenvalue weighted by Crippen LogP contribution is -2.17. The molecule has 0 heterocycles. The number of anilines is 1. The quantitative estimate of drug-likeness (QED) is 0.854. The highest BCUT2D eigenvalue weighted by molar-refractivity contribution is 7.92. The average Bonchev–Trinajstić information content (AvgIpc) is 2.38. The van der Waals surface area contributed by atoms with Crippen molar-refractivity contribution in [3.8, 4) is 5.75 Å².